The van der Waals surface area contributed by atoms with Gasteiger partial charge in [0.25, 0.3) is 0 Å². The third-order valence-corrected chi connectivity index (χ3v) is 10.2. The number of nitrogens with two attached hydrogens (primary N) is 2. The molecule has 3 heterocycles. The zero-order valence-corrected chi connectivity index (χ0v) is 33.1. The summed E-state index contributed by atoms with van der Waals surface area (Å²) in [4.78, 5) is 126. The van der Waals surface area contributed by atoms with Crippen LogP contribution in [0.1, 0.15) is 56.7 Å². The van der Waals surface area contributed by atoms with Crippen LogP contribution in [0.5, 0.6) is 0 Å². The molecule has 22 nitrogen and oxygen atoms in total. The van der Waals surface area contributed by atoms with E-state index in [0.29, 0.717) is 24.1 Å². The number of likely N-dealkylation sites (tertiary alicyclic amines) is 2. The average molecular weight is 840 g/mol. The van der Waals surface area contributed by atoms with E-state index in [4.69, 9.17) is 16.6 Å². The summed E-state index contributed by atoms with van der Waals surface area (Å²) in [5.41, 5.74) is 12.3. The molecule has 1 aromatic carbocycles. The molecule has 2 aromatic rings. The summed E-state index contributed by atoms with van der Waals surface area (Å²) in [6.07, 6.45) is 2.40. The second-order valence-electron chi connectivity index (χ2n) is 14.7. The van der Waals surface area contributed by atoms with Crippen LogP contribution in [0.25, 0.3) is 0 Å². The zero-order valence-electron chi connectivity index (χ0n) is 33.1. The SMILES string of the molecule is C[C@@H](O)[C@H](N)C(=O)N[C@@H](Cc1ccccc1)C(=O)N[C@@H](CCC(N)=O)C(=O)NCC(=O)N1CCC[C@H]1C(=O)N1CCC[C@H]1C(=O)N[C@@H](Cc1cnc[nH]1)C(=O)NCC(=O)O. The van der Waals surface area contributed by atoms with E-state index in [2.05, 4.69) is 36.6 Å². The predicted octanol–water partition coefficient (Wildman–Crippen LogP) is -4.08. The number of aliphatic carboxylic acids is 1. The maximum atomic E-state index is 14.0. The Morgan fingerprint density at radius 1 is 0.817 bits per heavy atom. The van der Waals surface area contributed by atoms with Crippen LogP contribution in [-0.2, 0) is 56.0 Å². The molecule has 0 unspecified atom stereocenters. The molecule has 7 atom stereocenters. The molecule has 2 aliphatic heterocycles. The van der Waals surface area contributed by atoms with Gasteiger partial charge in [-0.15, -0.1) is 0 Å². The molecule has 0 bridgehead atoms. The van der Waals surface area contributed by atoms with Gasteiger partial charge in [0.05, 0.1) is 19.0 Å². The van der Waals surface area contributed by atoms with E-state index < -0.39 is 109 Å². The average Bonchev–Trinajstić information content (AvgIpc) is 4.03. The van der Waals surface area contributed by atoms with Crippen molar-refractivity contribution in [3.05, 3.63) is 54.1 Å². The number of hydrogen-bond acceptors (Lipinski definition) is 12. The fraction of sp³-hybridized carbons (Fsp3) is 0.526. The number of carboxylic acids is 1. The van der Waals surface area contributed by atoms with Crippen molar-refractivity contribution in [2.45, 2.75) is 101 Å². The first-order valence-corrected chi connectivity index (χ1v) is 19.6. The molecular formula is C38H53N11O11. The molecular weight excluding hydrogens is 786 g/mol. The number of aromatic nitrogens is 2. The van der Waals surface area contributed by atoms with E-state index >= 15 is 0 Å². The molecule has 1 aromatic heterocycles. The van der Waals surface area contributed by atoms with Crippen molar-refractivity contribution in [2.75, 3.05) is 26.2 Å². The molecule has 4 rings (SSSR count). The van der Waals surface area contributed by atoms with Gasteiger partial charge in [0.15, 0.2) is 0 Å². The van der Waals surface area contributed by atoms with E-state index in [-0.39, 0.29) is 51.6 Å². The van der Waals surface area contributed by atoms with Gasteiger partial charge in [0.1, 0.15) is 42.8 Å². The van der Waals surface area contributed by atoms with Gasteiger partial charge >= 0.3 is 5.97 Å². The summed E-state index contributed by atoms with van der Waals surface area (Å²) in [6.45, 7) is 0.406. The van der Waals surface area contributed by atoms with Gasteiger partial charge in [-0.25, -0.2) is 4.98 Å². The van der Waals surface area contributed by atoms with Gasteiger partial charge in [0.2, 0.25) is 47.3 Å². The Balaban J connectivity index is 1.41. The molecule has 0 aliphatic carbocycles. The minimum atomic E-state index is -1.39. The van der Waals surface area contributed by atoms with Crippen molar-refractivity contribution in [3.8, 4) is 0 Å². The van der Waals surface area contributed by atoms with Crippen LogP contribution < -0.4 is 38.1 Å². The fourth-order valence-corrected chi connectivity index (χ4v) is 6.96. The molecule has 0 spiro atoms. The molecule has 2 saturated heterocycles. The van der Waals surface area contributed by atoms with Crippen LogP contribution in [0.15, 0.2) is 42.9 Å². The maximum absolute atomic E-state index is 14.0. The van der Waals surface area contributed by atoms with E-state index in [1.807, 2.05) is 0 Å². The number of H-pyrrole nitrogens is 1. The molecule has 2 fully saturated rings. The van der Waals surface area contributed by atoms with Gasteiger partial charge in [-0.1, -0.05) is 30.3 Å². The number of aliphatic hydroxyl groups is 1. The topological polar surface area (TPSA) is 341 Å². The number of primary amides is 1. The van der Waals surface area contributed by atoms with Crippen LogP contribution in [0, 0.1) is 0 Å². The quantitative estimate of drug-likeness (QED) is 0.0573. The Morgan fingerprint density at radius 2 is 1.43 bits per heavy atom. The second-order valence-corrected chi connectivity index (χ2v) is 14.7. The number of aliphatic hydroxyl groups excluding tert-OH is 1. The minimum absolute atomic E-state index is 0.0224. The number of rotatable bonds is 21. The van der Waals surface area contributed by atoms with Crippen LogP contribution >= 0.6 is 0 Å². The van der Waals surface area contributed by atoms with E-state index in [1.165, 1.54) is 29.2 Å². The molecule has 22 heteroatoms. The molecule has 0 radical (unpaired) electrons. The van der Waals surface area contributed by atoms with E-state index in [0.717, 1.165) is 0 Å². The Labute approximate surface area is 344 Å². The van der Waals surface area contributed by atoms with Gasteiger partial charge < -0.3 is 63.0 Å². The van der Waals surface area contributed by atoms with Crippen LogP contribution in [0.2, 0.25) is 0 Å². The molecule has 8 amide bonds. The van der Waals surface area contributed by atoms with Crippen molar-refractivity contribution in [2.24, 2.45) is 11.5 Å². The lowest BCUT2D eigenvalue weighted by atomic mass is 10.0. The smallest absolute Gasteiger partial charge is 0.322 e. The van der Waals surface area contributed by atoms with Gasteiger partial charge in [-0.3, -0.25) is 43.2 Å². The summed E-state index contributed by atoms with van der Waals surface area (Å²) < 4.78 is 0. The van der Waals surface area contributed by atoms with Crippen molar-refractivity contribution in [3.63, 3.8) is 0 Å². The molecule has 326 valence electrons. The highest BCUT2D eigenvalue weighted by Crippen LogP contribution is 2.25. The number of nitrogens with one attached hydrogen (secondary N) is 6. The maximum Gasteiger partial charge on any atom is 0.322 e. The number of benzene rings is 1. The standard InChI is InChI=1S/C38H53N11O11/c1-21(50)32(40)37(59)47-25(15-22-7-3-2-4-8-22)35(57)45-24(11-12-29(39)51)33(55)42-18-30(52)48-13-6-10-28(48)38(60)49-14-5-9-27(49)36(58)46-26(16-23-17-41-20-44-23)34(56)43-19-31(53)54/h2-4,7-8,17,20-21,24-28,32,50H,5-6,9-16,18-19,40H2,1H3,(H2,39,51)(H,41,44)(H,42,55)(H,43,56)(H,45,57)(H,46,58)(H,47,59)(H,53,54)/t21-,24+,25+,26+,27+,28+,32+/m1/s1. The first-order chi connectivity index (χ1) is 28.5. The van der Waals surface area contributed by atoms with Gasteiger partial charge in [0, 0.05) is 44.2 Å². The number of aromatic amines is 1. The van der Waals surface area contributed by atoms with Gasteiger partial charge in [-0.05, 0) is 44.6 Å². The first kappa shape index (κ1) is 46.3. The number of nitrogens with zero attached hydrogens (tertiary/aromatic N) is 3. The highest BCUT2D eigenvalue weighted by molar-refractivity contribution is 5.97. The number of imidazole rings is 1. The van der Waals surface area contributed by atoms with Gasteiger partial charge in [-0.2, -0.15) is 0 Å². The lowest BCUT2D eigenvalue weighted by Gasteiger charge is -2.31. The largest absolute Gasteiger partial charge is 0.480 e. The van der Waals surface area contributed by atoms with E-state index in [9.17, 15) is 48.3 Å². The third kappa shape index (κ3) is 13.3. The second kappa shape index (κ2) is 22.1. The van der Waals surface area contributed by atoms with Crippen LogP contribution in [0.3, 0.4) is 0 Å². The molecule has 2 aliphatic rings. The third-order valence-electron chi connectivity index (χ3n) is 10.2. The van der Waals surface area contributed by atoms with E-state index in [1.54, 1.807) is 30.3 Å². The predicted molar refractivity (Wildman–Crippen MR) is 209 cm³/mol. The van der Waals surface area contributed by atoms with Crippen LogP contribution in [0.4, 0.5) is 0 Å². The summed E-state index contributed by atoms with van der Waals surface area (Å²) in [5.74, 6) is -7.05. The number of carbonyl (C=O) groups excluding carboxylic acids is 8. The zero-order chi connectivity index (χ0) is 43.9. The highest BCUT2D eigenvalue weighted by atomic mass is 16.4. The lowest BCUT2D eigenvalue weighted by molar-refractivity contribution is -0.147. The summed E-state index contributed by atoms with van der Waals surface area (Å²) in [5, 5.41) is 31.2. The summed E-state index contributed by atoms with van der Waals surface area (Å²) in [6, 6.07) is 1.47. The summed E-state index contributed by atoms with van der Waals surface area (Å²) in [7, 11) is 0. The van der Waals surface area contributed by atoms with Crippen molar-refractivity contribution in [1.82, 2.24) is 46.4 Å². The Kier molecular flexibility index (Phi) is 17.0. The minimum Gasteiger partial charge on any atom is -0.480 e. The Morgan fingerprint density at radius 3 is 2.07 bits per heavy atom. The molecule has 0 saturated carbocycles. The van der Waals surface area contributed by atoms with Crippen LogP contribution in [-0.4, -0.2) is 152 Å². The number of carboxylic acid groups (broad SMARTS) is 1. The normalized spacial score (nSPS) is 18.6. The highest BCUT2D eigenvalue weighted by Gasteiger charge is 2.43. The van der Waals surface area contributed by atoms with Crippen molar-refractivity contribution in [1.29, 1.82) is 0 Å². The molecule has 12 N–H and O–H groups in total. The summed E-state index contributed by atoms with van der Waals surface area (Å²) >= 11 is 0. The first-order valence-electron chi connectivity index (χ1n) is 19.6. The lowest BCUT2D eigenvalue weighted by Crippen LogP contribution is -2.58. The van der Waals surface area contributed by atoms with Crippen molar-refractivity contribution >= 4 is 53.2 Å². The monoisotopic (exact) mass is 839 g/mol. The number of hydrogen-bond donors (Lipinski definition) is 10. The van der Waals surface area contributed by atoms with Crippen molar-refractivity contribution < 1.29 is 53.4 Å². The molecule has 60 heavy (non-hydrogen) atoms. The fourth-order valence-electron chi connectivity index (χ4n) is 6.96. The Hall–Kier alpha value is -6.42. The number of amides is 8. The number of carbonyl (C=O) groups is 9. The Bertz CT molecular complexity index is 1860.